The molecule has 4 amide bonds. The molecule has 41 heavy (non-hydrogen) atoms. The Kier molecular flexibility index (Phi) is 9.77. The van der Waals surface area contributed by atoms with Crippen LogP contribution in [0.1, 0.15) is 62.5 Å². The van der Waals surface area contributed by atoms with Crippen LogP contribution in [-0.4, -0.2) is 66.2 Å². The Labute approximate surface area is 242 Å². The highest BCUT2D eigenvalue weighted by atomic mass is 16.5. The molecular formula is C32H42N4O5. The lowest BCUT2D eigenvalue weighted by Crippen LogP contribution is -2.54. The van der Waals surface area contributed by atoms with Crippen molar-refractivity contribution >= 4 is 23.5 Å². The predicted molar refractivity (Wildman–Crippen MR) is 157 cm³/mol. The van der Waals surface area contributed by atoms with E-state index >= 15 is 0 Å². The van der Waals surface area contributed by atoms with Crippen molar-refractivity contribution in [3.63, 3.8) is 0 Å². The molecule has 5 rings (SSSR count). The van der Waals surface area contributed by atoms with Gasteiger partial charge in [0.15, 0.2) is 0 Å². The zero-order valence-electron chi connectivity index (χ0n) is 23.7. The van der Waals surface area contributed by atoms with Crippen molar-refractivity contribution in [2.24, 2.45) is 5.92 Å². The maximum Gasteiger partial charge on any atom is 0.322 e. The summed E-state index contributed by atoms with van der Waals surface area (Å²) in [6.45, 7) is 1.68. The smallest absolute Gasteiger partial charge is 0.322 e. The van der Waals surface area contributed by atoms with Crippen LogP contribution in [0.25, 0.3) is 0 Å². The zero-order chi connectivity index (χ0) is 28.6. The number of aliphatic hydroxyl groups excluding tert-OH is 1. The lowest BCUT2D eigenvalue weighted by molar-refractivity contribution is -0.132. The number of para-hydroxylation sites is 2. The Hall–Kier alpha value is -3.59. The molecule has 2 heterocycles. The minimum absolute atomic E-state index is 0.0437. The van der Waals surface area contributed by atoms with Gasteiger partial charge in [-0.25, -0.2) is 4.79 Å². The molecule has 2 aromatic rings. The molecule has 2 aliphatic heterocycles. The first-order chi connectivity index (χ1) is 20.0. The summed E-state index contributed by atoms with van der Waals surface area (Å²) in [4.78, 5) is 43.4. The maximum atomic E-state index is 13.5. The fraction of sp³-hybridized carbons (Fsp3) is 0.531. The fourth-order valence-electron chi connectivity index (χ4n) is 6.27. The Morgan fingerprint density at radius 3 is 2.51 bits per heavy atom. The number of hydrogen-bond donors (Lipinski definition) is 3. The summed E-state index contributed by atoms with van der Waals surface area (Å²) in [5, 5.41) is 16.0. The van der Waals surface area contributed by atoms with Crippen LogP contribution in [0.2, 0.25) is 0 Å². The largest absolute Gasteiger partial charge is 0.491 e. The molecule has 0 spiro atoms. The molecule has 1 saturated carbocycles. The Bertz CT molecular complexity index is 1210. The molecule has 220 valence electrons. The summed E-state index contributed by atoms with van der Waals surface area (Å²) < 4.78 is 5.78. The summed E-state index contributed by atoms with van der Waals surface area (Å²) >= 11 is 0. The zero-order valence-corrected chi connectivity index (χ0v) is 23.7. The number of benzene rings is 2. The number of urea groups is 1. The van der Waals surface area contributed by atoms with Gasteiger partial charge < -0.3 is 25.4 Å². The second-order valence-electron chi connectivity index (χ2n) is 11.5. The van der Waals surface area contributed by atoms with E-state index in [1.807, 2.05) is 48.5 Å². The van der Waals surface area contributed by atoms with Crippen molar-refractivity contribution in [3.8, 4) is 5.75 Å². The molecule has 9 heteroatoms. The molecule has 0 aromatic heterocycles. The van der Waals surface area contributed by atoms with Crippen molar-refractivity contribution in [3.05, 3.63) is 59.7 Å². The van der Waals surface area contributed by atoms with Gasteiger partial charge in [-0.05, 0) is 42.9 Å². The molecule has 2 atom stereocenters. The van der Waals surface area contributed by atoms with E-state index in [-0.39, 0.29) is 30.9 Å². The van der Waals surface area contributed by atoms with E-state index in [0.717, 1.165) is 54.7 Å². The van der Waals surface area contributed by atoms with Crippen molar-refractivity contribution in [1.29, 1.82) is 0 Å². The Morgan fingerprint density at radius 2 is 1.71 bits per heavy atom. The van der Waals surface area contributed by atoms with Crippen LogP contribution in [0.5, 0.6) is 5.75 Å². The van der Waals surface area contributed by atoms with E-state index in [2.05, 4.69) is 10.6 Å². The van der Waals surface area contributed by atoms with Crippen LogP contribution in [0.15, 0.2) is 48.5 Å². The van der Waals surface area contributed by atoms with Crippen LogP contribution in [0, 0.1) is 5.92 Å². The van der Waals surface area contributed by atoms with Gasteiger partial charge in [-0.15, -0.1) is 0 Å². The second kappa shape index (κ2) is 13.9. The predicted octanol–water partition coefficient (Wildman–Crippen LogP) is 3.78. The van der Waals surface area contributed by atoms with Crippen molar-refractivity contribution in [2.75, 3.05) is 31.2 Å². The second-order valence-corrected chi connectivity index (χ2v) is 11.5. The molecule has 1 aliphatic carbocycles. The van der Waals surface area contributed by atoms with Gasteiger partial charge in [0, 0.05) is 30.8 Å². The number of rotatable bonds is 9. The standard InChI is InChI=1S/C32H42N4O5/c37-22-26(14-15-30(38)35-18-19-41-29-13-7-5-11-25(29)21-35)33-31(39)27(20-23-8-2-1-3-9-23)34-32(40)36-17-16-24-10-4-6-12-28(24)36/h4-7,10-13,23,26-27,37H,1-3,8-9,14-22H2,(H,33,39)(H,34,40)/t26-,27-/m0/s1. The van der Waals surface area contributed by atoms with E-state index in [0.29, 0.717) is 45.0 Å². The first-order valence-corrected chi connectivity index (χ1v) is 15.1. The quantitative estimate of drug-likeness (QED) is 0.431. The summed E-state index contributed by atoms with van der Waals surface area (Å²) in [6, 6.07) is 14.0. The summed E-state index contributed by atoms with van der Waals surface area (Å²) in [5.74, 6) is 0.817. The summed E-state index contributed by atoms with van der Waals surface area (Å²) in [5.41, 5.74) is 2.97. The Morgan fingerprint density at radius 1 is 0.951 bits per heavy atom. The molecule has 0 unspecified atom stereocenters. The molecule has 0 saturated heterocycles. The van der Waals surface area contributed by atoms with Crippen molar-refractivity contribution in [1.82, 2.24) is 15.5 Å². The molecule has 3 N–H and O–H groups in total. The molecule has 2 aromatic carbocycles. The van der Waals surface area contributed by atoms with Crippen molar-refractivity contribution < 1.29 is 24.2 Å². The number of amides is 4. The van der Waals surface area contributed by atoms with Gasteiger partial charge >= 0.3 is 6.03 Å². The molecule has 0 radical (unpaired) electrons. The molecular weight excluding hydrogens is 520 g/mol. The number of nitrogens with one attached hydrogen (secondary N) is 2. The SMILES string of the molecule is O=C(N[C@H](CO)CCC(=O)N1CCOc2ccccc2C1)[C@H](CC1CCCCC1)NC(=O)N1CCc2ccccc21. The van der Waals surface area contributed by atoms with Crippen LogP contribution in [0.3, 0.4) is 0 Å². The first-order valence-electron chi connectivity index (χ1n) is 15.1. The number of carbonyl (C=O) groups is 3. The number of carbonyl (C=O) groups excluding carboxylic acids is 3. The topological polar surface area (TPSA) is 111 Å². The highest BCUT2D eigenvalue weighted by Gasteiger charge is 2.31. The number of aliphatic hydroxyl groups is 1. The van der Waals surface area contributed by atoms with Gasteiger partial charge in [-0.2, -0.15) is 0 Å². The van der Waals surface area contributed by atoms with E-state index in [4.69, 9.17) is 4.74 Å². The molecule has 1 fully saturated rings. The number of fused-ring (bicyclic) bond motifs is 2. The molecule has 0 bridgehead atoms. The van der Waals surface area contributed by atoms with E-state index in [9.17, 15) is 19.5 Å². The van der Waals surface area contributed by atoms with Gasteiger partial charge in [0.2, 0.25) is 11.8 Å². The Balaban J connectivity index is 1.19. The third-order valence-electron chi connectivity index (χ3n) is 8.62. The average Bonchev–Trinajstić information content (AvgIpc) is 3.31. The number of nitrogens with zero attached hydrogens (tertiary/aromatic N) is 2. The third kappa shape index (κ3) is 7.38. The summed E-state index contributed by atoms with van der Waals surface area (Å²) in [6.07, 6.45) is 7.44. The number of hydrogen-bond acceptors (Lipinski definition) is 5. The lowest BCUT2D eigenvalue weighted by atomic mass is 9.84. The van der Waals surface area contributed by atoms with Gasteiger partial charge in [0.1, 0.15) is 18.4 Å². The average molecular weight is 563 g/mol. The van der Waals surface area contributed by atoms with Crippen LogP contribution >= 0.6 is 0 Å². The minimum Gasteiger partial charge on any atom is -0.491 e. The number of anilines is 1. The van der Waals surface area contributed by atoms with Gasteiger partial charge in [-0.3, -0.25) is 14.5 Å². The van der Waals surface area contributed by atoms with E-state index in [1.165, 1.54) is 6.42 Å². The lowest BCUT2D eigenvalue weighted by Gasteiger charge is -2.29. The minimum atomic E-state index is -0.706. The van der Waals surface area contributed by atoms with Crippen LogP contribution < -0.4 is 20.3 Å². The highest BCUT2D eigenvalue weighted by molar-refractivity contribution is 5.97. The first kappa shape index (κ1) is 28.9. The van der Waals surface area contributed by atoms with Crippen molar-refractivity contribution in [2.45, 2.75) is 76.4 Å². The van der Waals surface area contributed by atoms with Crippen LogP contribution in [-0.2, 0) is 22.6 Å². The molecule has 9 nitrogen and oxygen atoms in total. The summed E-state index contributed by atoms with van der Waals surface area (Å²) in [7, 11) is 0. The monoisotopic (exact) mass is 562 g/mol. The van der Waals surface area contributed by atoms with Gasteiger partial charge in [0.25, 0.3) is 0 Å². The highest BCUT2D eigenvalue weighted by Crippen LogP contribution is 2.30. The molecule has 3 aliphatic rings. The van der Waals surface area contributed by atoms with E-state index in [1.54, 1.807) is 9.80 Å². The van der Waals surface area contributed by atoms with Gasteiger partial charge in [-0.1, -0.05) is 68.5 Å². The van der Waals surface area contributed by atoms with E-state index < -0.39 is 12.1 Å². The fourth-order valence-corrected chi connectivity index (χ4v) is 6.27. The maximum absolute atomic E-state index is 13.5. The van der Waals surface area contributed by atoms with Crippen LogP contribution in [0.4, 0.5) is 10.5 Å². The number of ether oxygens (including phenoxy) is 1. The van der Waals surface area contributed by atoms with Gasteiger partial charge in [0.05, 0.1) is 19.2 Å². The third-order valence-corrected chi connectivity index (χ3v) is 8.62. The normalized spacial score (nSPS) is 18.4.